The van der Waals surface area contributed by atoms with Crippen molar-refractivity contribution in [1.29, 1.82) is 0 Å². The summed E-state index contributed by atoms with van der Waals surface area (Å²) in [5.41, 5.74) is 0. The SMILES string of the molecule is COCCCOC(=O)/C=C/C(=O)OCCCOC. The molecule has 6 heteroatoms. The molecule has 0 atom stereocenters. The second kappa shape index (κ2) is 12.1. The number of methoxy groups -OCH3 is 2. The normalized spacial score (nSPS) is 10.6. The summed E-state index contributed by atoms with van der Waals surface area (Å²) in [4.78, 5) is 22.2. The van der Waals surface area contributed by atoms with Crippen molar-refractivity contribution in [3.63, 3.8) is 0 Å². The highest BCUT2D eigenvalue weighted by Crippen LogP contribution is 1.90. The van der Waals surface area contributed by atoms with E-state index in [1.165, 1.54) is 0 Å². The fourth-order valence-electron chi connectivity index (χ4n) is 0.984. The van der Waals surface area contributed by atoms with Gasteiger partial charge in [0.05, 0.1) is 13.2 Å². The number of hydrogen-bond donors (Lipinski definition) is 0. The Kier molecular flexibility index (Phi) is 11.1. The molecule has 104 valence electrons. The number of rotatable bonds is 10. The van der Waals surface area contributed by atoms with Crippen LogP contribution in [0.2, 0.25) is 0 Å². The molecule has 0 unspecified atom stereocenters. The van der Waals surface area contributed by atoms with Gasteiger partial charge in [0.2, 0.25) is 0 Å². The van der Waals surface area contributed by atoms with Crippen molar-refractivity contribution in [1.82, 2.24) is 0 Å². The molecule has 0 heterocycles. The third-order valence-electron chi connectivity index (χ3n) is 1.83. The summed E-state index contributed by atoms with van der Waals surface area (Å²) in [6, 6.07) is 0. The van der Waals surface area contributed by atoms with Gasteiger partial charge in [-0.05, 0) is 0 Å². The van der Waals surface area contributed by atoms with Crippen LogP contribution < -0.4 is 0 Å². The smallest absolute Gasteiger partial charge is 0.331 e. The molecule has 0 fully saturated rings. The Balaban J connectivity index is 3.58. The Morgan fingerprint density at radius 2 is 1.17 bits per heavy atom. The topological polar surface area (TPSA) is 71.1 Å². The molecule has 18 heavy (non-hydrogen) atoms. The van der Waals surface area contributed by atoms with Gasteiger partial charge in [-0.25, -0.2) is 9.59 Å². The van der Waals surface area contributed by atoms with E-state index in [0.29, 0.717) is 26.1 Å². The molecule has 0 saturated heterocycles. The minimum atomic E-state index is -0.569. The zero-order valence-corrected chi connectivity index (χ0v) is 10.8. The first-order chi connectivity index (χ1) is 8.70. The lowest BCUT2D eigenvalue weighted by Crippen LogP contribution is -2.07. The van der Waals surface area contributed by atoms with Crippen LogP contribution in [0.25, 0.3) is 0 Å². The largest absolute Gasteiger partial charge is 0.462 e. The van der Waals surface area contributed by atoms with E-state index in [4.69, 9.17) is 18.9 Å². The Labute approximate surface area is 107 Å². The average Bonchev–Trinajstić information content (AvgIpc) is 2.37. The van der Waals surface area contributed by atoms with Gasteiger partial charge in [-0.3, -0.25) is 0 Å². The maximum atomic E-state index is 11.1. The van der Waals surface area contributed by atoms with Crippen LogP contribution in [0, 0.1) is 0 Å². The first-order valence-corrected chi connectivity index (χ1v) is 5.70. The summed E-state index contributed by atoms with van der Waals surface area (Å²) >= 11 is 0. The van der Waals surface area contributed by atoms with E-state index in [2.05, 4.69) is 0 Å². The first kappa shape index (κ1) is 16.6. The zero-order valence-electron chi connectivity index (χ0n) is 10.8. The molecule has 0 amide bonds. The van der Waals surface area contributed by atoms with E-state index in [1.807, 2.05) is 0 Å². The van der Waals surface area contributed by atoms with Crippen LogP contribution in [0.1, 0.15) is 12.8 Å². The molecule has 0 aliphatic rings. The van der Waals surface area contributed by atoms with Crippen LogP contribution in [0.5, 0.6) is 0 Å². The molecule has 0 aromatic heterocycles. The Hall–Kier alpha value is -1.40. The minimum absolute atomic E-state index is 0.264. The predicted octanol–water partition coefficient (Wildman–Crippen LogP) is 0.702. The molecule has 0 aliphatic carbocycles. The summed E-state index contributed by atoms with van der Waals surface area (Å²) in [7, 11) is 3.14. The highest BCUT2D eigenvalue weighted by Gasteiger charge is 2.00. The van der Waals surface area contributed by atoms with Crippen LogP contribution >= 0.6 is 0 Å². The molecule has 0 N–H and O–H groups in total. The first-order valence-electron chi connectivity index (χ1n) is 5.70. The monoisotopic (exact) mass is 260 g/mol. The number of hydrogen-bond acceptors (Lipinski definition) is 6. The van der Waals surface area contributed by atoms with Crippen LogP contribution in [0.15, 0.2) is 12.2 Å². The van der Waals surface area contributed by atoms with Crippen LogP contribution in [-0.2, 0) is 28.5 Å². The van der Waals surface area contributed by atoms with Gasteiger partial charge in [-0.1, -0.05) is 0 Å². The quantitative estimate of drug-likeness (QED) is 0.327. The molecule has 0 aliphatic heterocycles. The summed E-state index contributed by atoms with van der Waals surface area (Å²) < 4.78 is 19.2. The fourth-order valence-corrected chi connectivity index (χ4v) is 0.984. The number of ether oxygens (including phenoxy) is 4. The molecule has 6 nitrogen and oxygen atoms in total. The molecule has 0 aromatic carbocycles. The highest BCUT2D eigenvalue weighted by molar-refractivity contribution is 5.91. The number of carbonyl (C=O) groups is 2. The summed E-state index contributed by atoms with van der Waals surface area (Å²) in [6.45, 7) is 1.58. The maximum Gasteiger partial charge on any atom is 0.331 e. The van der Waals surface area contributed by atoms with Crippen molar-refractivity contribution in [3.8, 4) is 0 Å². The van der Waals surface area contributed by atoms with Gasteiger partial charge in [-0.2, -0.15) is 0 Å². The Morgan fingerprint density at radius 3 is 1.50 bits per heavy atom. The van der Waals surface area contributed by atoms with E-state index in [-0.39, 0.29) is 13.2 Å². The molecule has 0 aromatic rings. The van der Waals surface area contributed by atoms with Gasteiger partial charge in [-0.15, -0.1) is 0 Å². The van der Waals surface area contributed by atoms with Crippen molar-refractivity contribution in [2.45, 2.75) is 12.8 Å². The molecule has 0 saturated carbocycles. The predicted molar refractivity (Wildman–Crippen MR) is 64.0 cm³/mol. The third-order valence-corrected chi connectivity index (χ3v) is 1.83. The van der Waals surface area contributed by atoms with Crippen LogP contribution in [0.4, 0.5) is 0 Å². The summed E-state index contributed by atoms with van der Waals surface area (Å²) in [5.74, 6) is -1.14. The molecular weight excluding hydrogens is 240 g/mol. The van der Waals surface area contributed by atoms with E-state index in [9.17, 15) is 9.59 Å². The summed E-state index contributed by atoms with van der Waals surface area (Å²) in [6.07, 6.45) is 3.34. The minimum Gasteiger partial charge on any atom is -0.462 e. The van der Waals surface area contributed by atoms with Gasteiger partial charge in [0, 0.05) is 52.4 Å². The second-order valence-corrected chi connectivity index (χ2v) is 3.36. The maximum absolute atomic E-state index is 11.1. The van der Waals surface area contributed by atoms with Crippen molar-refractivity contribution >= 4 is 11.9 Å². The fraction of sp³-hybridized carbons (Fsp3) is 0.667. The van der Waals surface area contributed by atoms with E-state index in [1.54, 1.807) is 14.2 Å². The van der Waals surface area contributed by atoms with Gasteiger partial charge < -0.3 is 18.9 Å². The molecule has 0 spiro atoms. The Bertz CT molecular complexity index is 235. The zero-order chi connectivity index (χ0) is 13.6. The third kappa shape index (κ3) is 11.1. The standard InChI is InChI=1S/C12H20O6/c1-15-7-3-9-17-11(13)5-6-12(14)18-10-4-8-16-2/h5-6H,3-4,7-10H2,1-2H3/b6-5+. The molecule has 0 bridgehead atoms. The van der Waals surface area contributed by atoms with Crippen molar-refractivity contribution in [3.05, 3.63) is 12.2 Å². The van der Waals surface area contributed by atoms with E-state index < -0.39 is 11.9 Å². The Morgan fingerprint density at radius 1 is 0.778 bits per heavy atom. The van der Waals surface area contributed by atoms with E-state index >= 15 is 0 Å². The molecular formula is C12H20O6. The number of carbonyl (C=O) groups excluding carboxylic acids is 2. The average molecular weight is 260 g/mol. The van der Waals surface area contributed by atoms with E-state index in [0.717, 1.165) is 12.2 Å². The number of esters is 2. The lowest BCUT2D eigenvalue weighted by Gasteiger charge is -2.01. The summed E-state index contributed by atoms with van der Waals surface area (Å²) in [5, 5.41) is 0. The van der Waals surface area contributed by atoms with Gasteiger partial charge in [0.25, 0.3) is 0 Å². The van der Waals surface area contributed by atoms with Crippen LogP contribution in [0.3, 0.4) is 0 Å². The molecule has 0 radical (unpaired) electrons. The van der Waals surface area contributed by atoms with Crippen molar-refractivity contribution in [2.75, 3.05) is 40.6 Å². The van der Waals surface area contributed by atoms with Crippen molar-refractivity contribution in [2.24, 2.45) is 0 Å². The highest BCUT2D eigenvalue weighted by atomic mass is 16.5. The van der Waals surface area contributed by atoms with Gasteiger partial charge >= 0.3 is 11.9 Å². The van der Waals surface area contributed by atoms with Gasteiger partial charge in [0.1, 0.15) is 0 Å². The lowest BCUT2D eigenvalue weighted by molar-refractivity contribution is -0.140. The van der Waals surface area contributed by atoms with Crippen LogP contribution in [-0.4, -0.2) is 52.6 Å². The molecule has 0 rings (SSSR count). The lowest BCUT2D eigenvalue weighted by atomic mass is 10.4. The van der Waals surface area contributed by atoms with Gasteiger partial charge in [0.15, 0.2) is 0 Å². The van der Waals surface area contributed by atoms with Crippen molar-refractivity contribution < 1.29 is 28.5 Å². The second-order valence-electron chi connectivity index (χ2n) is 3.36.